The second-order valence-electron chi connectivity index (χ2n) is 7.60. The highest BCUT2D eigenvalue weighted by Crippen LogP contribution is 2.24. The van der Waals surface area contributed by atoms with Crippen LogP contribution in [-0.2, 0) is 14.8 Å². The molecule has 2 fully saturated rings. The summed E-state index contributed by atoms with van der Waals surface area (Å²) >= 11 is 0. The van der Waals surface area contributed by atoms with E-state index in [-0.39, 0.29) is 11.9 Å². The van der Waals surface area contributed by atoms with Crippen molar-refractivity contribution in [2.45, 2.75) is 45.2 Å². The summed E-state index contributed by atoms with van der Waals surface area (Å²) in [7, 11) is -3.18. The number of aryl methyl sites for hydroxylation is 2. The van der Waals surface area contributed by atoms with Gasteiger partial charge >= 0.3 is 0 Å². The van der Waals surface area contributed by atoms with Gasteiger partial charge in [-0.1, -0.05) is 5.16 Å². The van der Waals surface area contributed by atoms with E-state index in [1.165, 1.54) is 6.26 Å². The molecule has 2 saturated heterocycles. The summed E-state index contributed by atoms with van der Waals surface area (Å²) in [5, 5.41) is 6.78. The second kappa shape index (κ2) is 8.89. The first-order chi connectivity index (χ1) is 13.3. The number of hydrogen-bond acceptors (Lipinski definition) is 7. The van der Waals surface area contributed by atoms with Crippen LogP contribution in [-0.4, -0.2) is 86.4 Å². The van der Waals surface area contributed by atoms with Crippen molar-refractivity contribution in [1.29, 1.82) is 0 Å². The van der Waals surface area contributed by atoms with Gasteiger partial charge in [0.25, 0.3) is 5.91 Å². The molecule has 3 rings (SSSR count). The Morgan fingerprint density at radius 1 is 1.25 bits per heavy atom. The molecule has 1 aromatic rings. The number of aromatic nitrogens is 1. The van der Waals surface area contributed by atoms with Gasteiger partial charge in [0.2, 0.25) is 10.0 Å². The van der Waals surface area contributed by atoms with E-state index < -0.39 is 10.0 Å². The summed E-state index contributed by atoms with van der Waals surface area (Å²) < 4.78 is 35.9. The fourth-order valence-corrected chi connectivity index (χ4v) is 5.04. The van der Waals surface area contributed by atoms with E-state index in [1.807, 2.05) is 0 Å². The Balaban J connectivity index is 1.62. The van der Waals surface area contributed by atoms with Gasteiger partial charge in [-0.25, -0.2) is 12.7 Å². The van der Waals surface area contributed by atoms with Crippen molar-refractivity contribution in [1.82, 2.24) is 19.7 Å². The summed E-state index contributed by atoms with van der Waals surface area (Å²) in [6.07, 6.45) is 3.92. The predicted molar refractivity (Wildman–Crippen MR) is 104 cm³/mol. The lowest BCUT2D eigenvalue weighted by Gasteiger charge is -2.38. The van der Waals surface area contributed by atoms with Gasteiger partial charge < -0.3 is 14.6 Å². The minimum atomic E-state index is -3.18. The number of rotatable bonds is 7. The molecule has 0 aromatic carbocycles. The Morgan fingerprint density at radius 3 is 2.54 bits per heavy atom. The van der Waals surface area contributed by atoms with Crippen molar-refractivity contribution in [3.05, 3.63) is 17.0 Å². The Kier molecular flexibility index (Phi) is 6.74. The van der Waals surface area contributed by atoms with E-state index in [0.717, 1.165) is 32.5 Å². The SMILES string of the molecule is Cc1noc(C)c1C(=O)NCCN(C1CCOCC1)C1CCN(S(C)(=O)=O)C1. The molecule has 1 unspecified atom stereocenters. The molecule has 158 valence electrons. The maximum atomic E-state index is 12.5. The second-order valence-corrected chi connectivity index (χ2v) is 9.58. The fraction of sp³-hybridized carbons (Fsp3) is 0.778. The van der Waals surface area contributed by atoms with Crippen LogP contribution in [0, 0.1) is 13.8 Å². The van der Waals surface area contributed by atoms with Crippen LogP contribution in [0.15, 0.2) is 4.52 Å². The van der Waals surface area contributed by atoms with Crippen LogP contribution in [0.5, 0.6) is 0 Å². The molecule has 0 aliphatic carbocycles. The molecular formula is C18H30N4O5S. The first-order valence-electron chi connectivity index (χ1n) is 9.77. The van der Waals surface area contributed by atoms with E-state index in [1.54, 1.807) is 18.2 Å². The number of ether oxygens (including phenoxy) is 1. The molecule has 1 atom stereocenters. The van der Waals surface area contributed by atoms with E-state index in [4.69, 9.17) is 9.26 Å². The van der Waals surface area contributed by atoms with Gasteiger partial charge in [0, 0.05) is 51.5 Å². The van der Waals surface area contributed by atoms with Crippen molar-refractivity contribution >= 4 is 15.9 Å². The third kappa shape index (κ3) is 4.91. The van der Waals surface area contributed by atoms with Gasteiger partial charge in [-0.05, 0) is 33.1 Å². The van der Waals surface area contributed by atoms with Crippen LogP contribution < -0.4 is 5.32 Å². The van der Waals surface area contributed by atoms with Gasteiger partial charge in [-0.2, -0.15) is 0 Å². The van der Waals surface area contributed by atoms with Crippen molar-refractivity contribution < 1.29 is 22.5 Å². The highest BCUT2D eigenvalue weighted by molar-refractivity contribution is 7.88. The minimum Gasteiger partial charge on any atom is -0.381 e. The Morgan fingerprint density at radius 2 is 1.96 bits per heavy atom. The van der Waals surface area contributed by atoms with E-state index in [9.17, 15) is 13.2 Å². The first kappa shape index (κ1) is 21.2. The zero-order valence-electron chi connectivity index (χ0n) is 16.8. The number of carbonyl (C=O) groups is 1. The van der Waals surface area contributed by atoms with Gasteiger partial charge in [0.1, 0.15) is 11.3 Å². The van der Waals surface area contributed by atoms with Crippen LogP contribution in [0.25, 0.3) is 0 Å². The molecule has 0 spiro atoms. The third-order valence-electron chi connectivity index (χ3n) is 5.64. The molecule has 9 nitrogen and oxygen atoms in total. The lowest BCUT2D eigenvalue weighted by molar-refractivity contribution is 0.0194. The molecule has 1 amide bonds. The third-order valence-corrected chi connectivity index (χ3v) is 6.91. The smallest absolute Gasteiger partial charge is 0.256 e. The van der Waals surface area contributed by atoms with E-state index in [2.05, 4.69) is 15.4 Å². The summed E-state index contributed by atoms with van der Waals surface area (Å²) in [4.78, 5) is 14.8. The molecule has 1 N–H and O–H groups in total. The summed E-state index contributed by atoms with van der Waals surface area (Å²) in [5.41, 5.74) is 1.07. The lowest BCUT2D eigenvalue weighted by Crippen LogP contribution is -2.50. The van der Waals surface area contributed by atoms with Gasteiger partial charge in [0.05, 0.1) is 11.9 Å². The maximum absolute atomic E-state index is 12.5. The van der Waals surface area contributed by atoms with Gasteiger partial charge in [-0.15, -0.1) is 0 Å². The van der Waals surface area contributed by atoms with E-state index >= 15 is 0 Å². The van der Waals surface area contributed by atoms with Gasteiger partial charge in [-0.3, -0.25) is 9.69 Å². The average molecular weight is 415 g/mol. The zero-order valence-corrected chi connectivity index (χ0v) is 17.6. The molecule has 1 aromatic heterocycles. The number of sulfonamides is 1. The molecule has 0 radical (unpaired) electrons. The largest absolute Gasteiger partial charge is 0.381 e. The molecule has 28 heavy (non-hydrogen) atoms. The minimum absolute atomic E-state index is 0.161. The molecule has 2 aliphatic rings. The lowest BCUT2D eigenvalue weighted by atomic mass is 10.0. The first-order valence-corrected chi connectivity index (χ1v) is 11.6. The summed E-state index contributed by atoms with van der Waals surface area (Å²) in [6, 6.07) is 0.503. The summed E-state index contributed by atoms with van der Waals surface area (Å²) in [5.74, 6) is 0.322. The van der Waals surface area contributed by atoms with Crippen molar-refractivity contribution in [3.8, 4) is 0 Å². The van der Waals surface area contributed by atoms with Crippen molar-refractivity contribution in [2.75, 3.05) is 45.6 Å². The van der Waals surface area contributed by atoms with Crippen LogP contribution in [0.1, 0.15) is 41.1 Å². The van der Waals surface area contributed by atoms with Crippen LogP contribution in [0.4, 0.5) is 0 Å². The Hall–Kier alpha value is -1.49. The molecule has 2 aliphatic heterocycles. The number of amides is 1. The Bertz CT molecular complexity index is 768. The molecule has 0 bridgehead atoms. The standard InChI is InChI=1S/C18H30N4O5S/c1-13-17(14(2)27-20-13)18(23)19-7-9-22(15-5-10-26-11-6-15)16-4-8-21(12-16)28(3,24)25/h15-16H,4-12H2,1-3H3,(H,19,23). The highest BCUT2D eigenvalue weighted by atomic mass is 32.2. The van der Waals surface area contributed by atoms with Gasteiger partial charge in [0.15, 0.2) is 0 Å². The van der Waals surface area contributed by atoms with Crippen molar-refractivity contribution in [3.63, 3.8) is 0 Å². The molecular weight excluding hydrogens is 384 g/mol. The molecule has 10 heteroatoms. The topological polar surface area (TPSA) is 105 Å². The number of carbonyl (C=O) groups excluding carboxylic acids is 1. The van der Waals surface area contributed by atoms with Crippen LogP contribution in [0.2, 0.25) is 0 Å². The fourth-order valence-electron chi connectivity index (χ4n) is 4.16. The molecule has 0 saturated carbocycles. The zero-order chi connectivity index (χ0) is 20.3. The number of nitrogens with one attached hydrogen (secondary N) is 1. The highest BCUT2D eigenvalue weighted by Gasteiger charge is 2.35. The quantitative estimate of drug-likeness (QED) is 0.694. The maximum Gasteiger partial charge on any atom is 0.256 e. The molecule has 3 heterocycles. The Labute approximate surface area is 166 Å². The summed E-state index contributed by atoms with van der Waals surface area (Å²) in [6.45, 7) is 7.12. The number of hydrogen-bond donors (Lipinski definition) is 1. The monoisotopic (exact) mass is 414 g/mol. The number of nitrogens with zero attached hydrogens (tertiary/aromatic N) is 3. The van der Waals surface area contributed by atoms with Crippen molar-refractivity contribution in [2.24, 2.45) is 0 Å². The van der Waals surface area contributed by atoms with E-state index in [0.29, 0.717) is 49.2 Å². The normalized spacial score (nSPS) is 22.1. The van der Waals surface area contributed by atoms with Crippen LogP contribution in [0.3, 0.4) is 0 Å². The van der Waals surface area contributed by atoms with Crippen LogP contribution >= 0.6 is 0 Å². The predicted octanol–water partition coefficient (Wildman–Crippen LogP) is 0.536. The average Bonchev–Trinajstić information content (AvgIpc) is 3.26.